The van der Waals surface area contributed by atoms with Gasteiger partial charge in [0.1, 0.15) is 22.7 Å². The van der Waals surface area contributed by atoms with Crippen LogP contribution in [0, 0.1) is 6.92 Å². The summed E-state index contributed by atoms with van der Waals surface area (Å²) in [5, 5.41) is 12.8. The van der Waals surface area contributed by atoms with Crippen LogP contribution >= 0.6 is 11.1 Å². The first kappa shape index (κ1) is 25.7. The SMILES string of the molecule is Cc1ccc(S(=O)(=O)n2ccc3c(-c4cc(N5CCOC[SH]5C)nc5c(-c6cc[nH]n6)nn(C)c45)ccnc32)cc1. The molecule has 0 spiro atoms. The fourth-order valence-corrected chi connectivity index (χ4v) is 8.02. The Kier molecular flexibility index (Phi) is 6.10. The van der Waals surface area contributed by atoms with Gasteiger partial charge in [0.15, 0.2) is 5.65 Å². The number of hydrogen-bond acceptors (Lipinski definition) is 8. The topological polar surface area (TPSA) is 124 Å². The molecule has 5 aromatic heterocycles. The van der Waals surface area contributed by atoms with Crippen molar-refractivity contribution in [3.8, 4) is 22.5 Å². The number of fused-ring (bicyclic) bond motifs is 2. The molecule has 1 aromatic carbocycles. The van der Waals surface area contributed by atoms with Crippen LogP contribution in [0.2, 0.25) is 0 Å². The van der Waals surface area contributed by atoms with Crippen LogP contribution in [0.3, 0.4) is 0 Å². The van der Waals surface area contributed by atoms with Gasteiger partial charge in [0.2, 0.25) is 0 Å². The third-order valence-electron chi connectivity index (χ3n) is 7.35. The summed E-state index contributed by atoms with van der Waals surface area (Å²) in [6, 6.07) is 14.5. The molecule has 6 aromatic rings. The molecule has 0 bridgehead atoms. The third kappa shape index (κ3) is 4.19. The molecule has 0 radical (unpaired) electrons. The Bertz CT molecular complexity index is 2020. The minimum atomic E-state index is -3.85. The number of pyridine rings is 2. The fourth-order valence-electron chi connectivity index (χ4n) is 5.31. The fraction of sp³-hybridized carbons (Fsp3) is 0.214. The maximum atomic E-state index is 13.6. The van der Waals surface area contributed by atoms with Crippen LogP contribution in [0.4, 0.5) is 5.82 Å². The van der Waals surface area contributed by atoms with Crippen molar-refractivity contribution in [2.45, 2.75) is 11.8 Å². The van der Waals surface area contributed by atoms with E-state index in [9.17, 15) is 8.42 Å². The standard InChI is InChI=1S/C28H28N8O3S2/c1-18-4-6-19(7-5-18)41(37,38)36-13-10-21-20(8-11-29-28(21)36)22-16-24(35-14-15-39-17-40(35)3)31-26-25(23-9-12-30-32-23)33-34(2)27(22)26/h4-13,16,40H,14-15,17H2,1-3H3,(H,30,32). The van der Waals surface area contributed by atoms with Crippen LogP contribution in [-0.2, 0) is 21.8 Å². The molecule has 13 heteroatoms. The molecule has 0 saturated carbocycles. The second-order valence-electron chi connectivity index (χ2n) is 10.0. The second kappa shape index (κ2) is 9.72. The Hall–Kier alpha value is -4.20. The lowest BCUT2D eigenvalue weighted by atomic mass is 10.0. The number of nitrogens with zero attached hydrogens (tertiary/aromatic N) is 7. The maximum absolute atomic E-state index is 13.6. The lowest BCUT2D eigenvalue weighted by molar-refractivity contribution is 0.183. The minimum absolute atomic E-state index is 0.209. The molecule has 1 aliphatic heterocycles. The lowest BCUT2D eigenvalue weighted by Gasteiger charge is -2.37. The lowest BCUT2D eigenvalue weighted by Crippen LogP contribution is -2.31. The monoisotopic (exact) mass is 588 g/mol. The number of H-pyrrole nitrogens is 1. The van der Waals surface area contributed by atoms with Crippen molar-refractivity contribution >= 4 is 49.0 Å². The van der Waals surface area contributed by atoms with Gasteiger partial charge in [-0.3, -0.25) is 9.78 Å². The van der Waals surface area contributed by atoms with Gasteiger partial charge in [-0.05, 0) is 55.1 Å². The summed E-state index contributed by atoms with van der Waals surface area (Å²) in [5.41, 5.74) is 5.98. The van der Waals surface area contributed by atoms with Crippen molar-refractivity contribution in [3.05, 3.63) is 72.7 Å². The Labute approximate surface area is 239 Å². The van der Waals surface area contributed by atoms with E-state index in [0.29, 0.717) is 35.0 Å². The predicted octanol–water partition coefficient (Wildman–Crippen LogP) is 4.26. The van der Waals surface area contributed by atoms with Crippen LogP contribution in [-0.4, -0.2) is 67.7 Å². The number of aryl methyl sites for hydroxylation is 2. The molecule has 11 nitrogen and oxygen atoms in total. The first-order valence-electron chi connectivity index (χ1n) is 13.1. The van der Waals surface area contributed by atoms with Crippen LogP contribution in [0.15, 0.2) is 72.0 Å². The number of ether oxygens (including phenoxy) is 1. The van der Waals surface area contributed by atoms with E-state index in [4.69, 9.17) is 14.8 Å². The van der Waals surface area contributed by atoms with Crippen molar-refractivity contribution in [2.75, 3.05) is 29.7 Å². The van der Waals surface area contributed by atoms with Crippen molar-refractivity contribution in [2.24, 2.45) is 7.05 Å². The largest absolute Gasteiger partial charge is 0.369 e. The molecule has 210 valence electrons. The Morgan fingerprint density at radius 3 is 2.66 bits per heavy atom. The van der Waals surface area contributed by atoms with E-state index in [0.717, 1.165) is 40.1 Å². The molecule has 6 heterocycles. The highest BCUT2D eigenvalue weighted by molar-refractivity contribution is 8.17. The molecule has 0 aliphatic carbocycles. The first-order valence-corrected chi connectivity index (χ1v) is 16.4. The molecule has 1 fully saturated rings. The van der Waals surface area contributed by atoms with E-state index < -0.39 is 21.1 Å². The number of rotatable bonds is 5. The van der Waals surface area contributed by atoms with Crippen LogP contribution < -0.4 is 4.31 Å². The van der Waals surface area contributed by atoms with Gasteiger partial charge in [-0.1, -0.05) is 17.7 Å². The molecule has 1 unspecified atom stereocenters. The normalized spacial score (nSPS) is 17.0. The molecule has 41 heavy (non-hydrogen) atoms. The number of benzene rings is 1. The summed E-state index contributed by atoms with van der Waals surface area (Å²) in [4.78, 5) is 9.84. The van der Waals surface area contributed by atoms with Crippen LogP contribution in [0.1, 0.15) is 5.56 Å². The first-order chi connectivity index (χ1) is 19.8. The van der Waals surface area contributed by atoms with E-state index in [2.05, 4.69) is 31.8 Å². The average molecular weight is 589 g/mol. The highest BCUT2D eigenvalue weighted by Crippen LogP contribution is 2.42. The number of anilines is 1. The molecule has 1 aliphatic rings. The van der Waals surface area contributed by atoms with Crippen molar-refractivity contribution in [3.63, 3.8) is 0 Å². The highest BCUT2D eigenvalue weighted by atomic mass is 32.2. The number of thiol groups is 1. The Morgan fingerprint density at radius 2 is 1.90 bits per heavy atom. The smallest absolute Gasteiger partial charge is 0.269 e. The maximum Gasteiger partial charge on any atom is 0.269 e. The van der Waals surface area contributed by atoms with Gasteiger partial charge in [-0.25, -0.2) is 22.4 Å². The number of aromatic nitrogens is 7. The average Bonchev–Trinajstić information content (AvgIpc) is 3.72. The van der Waals surface area contributed by atoms with Gasteiger partial charge in [0.05, 0.1) is 29.5 Å². The summed E-state index contributed by atoms with van der Waals surface area (Å²) in [7, 11) is -1.97. The van der Waals surface area contributed by atoms with Crippen molar-refractivity contribution < 1.29 is 13.2 Å². The van der Waals surface area contributed by atoms with Gasteiger partial charge >= 0.3 is 0 Å². The van der Waals surface area contributed by atoms with Gasteiger partial charge in [0, 0.05) is 36.6 Å². The number of hydrogen-bond donors (Lipinski definition) is 2. The summed E-state index contributed by atoms with van der Waals surface area (Å²) in [6.07, 6.45) is 7.16. The second-order valence-corrected chi connectivity index (χ2v) is 13.9. The molecular weight excluding hydrogens is 560 g/mol. The van der Waals surface area contributed by atoms with Crippen molar-refractivity contribution in [1.82, 2.24) is 33.9 Å². The third-order valence-corrected chi connectivity index (χ3v) is 10.8. The number of aromatic amines is 1. The summed E-state index contributed by atoms with van der Waals surface area (Å²) < 4.78 is 38.4. The molecular formula is C28H28N8O3S2. The van der Waals surface area contributed by atoms with E-state index in [-0.39, 0.29) is 4.90 Å². The zero-order valence-electron chi connectivity index (χ0n) is 22.7. The molecule has 7 rings (SSSR count). The Morgan fingerprint density at radius 1 is 1.07 bits per heavy atom. The predicted molar refractivity (Wildman–Crippen MR) is 162 cm³/mol. The molecule has 1 N–H and O–H groups in total. The molecule has 0 amide bonds. The van der Waals surface area contributed by atoms with Gasteiger partial charge < -0.3 is 9.04 Å². The van der Waals surface area contributed by atoms with Crippen LogP contribution in [0.5, 0.6) is 0 Å². The Balaban J connectivity index is 1.47. The molecule has 1 atom stereocenters. The zero-order valence-corrected chi connectivity index (χ0v) is 24.4. The number of nitrogens with one attached hydrogen (secondary N) is 1. The van der Waals surface area contributed by atoms with E-state index in [1.54, 1.807) is 42.9 Å². The zero-order chi connectivity index (χ0) is 28.3. The van der Waals surface area contributed by atoms with E-state index >= 15 is 0 Å². The van der Waals surface area contributed by atoms with E-state index in [1.165, 1.54) is 3.97 Å². The van der Waals surface area contributed by atoms with Crippen LogP contribution in [0.25, 0.3) is 44.6 Å². The summed E-state index contributed by atoms with van der Waals surface area (Å²) >= 11 is -0.586. The quantitative estimate of drug-likeness (QED) is 0.287. The van der Waals surface area contributed by atoms with Crippen molar-refractivity contribution in [1.29, 1.82) is 0 Å². The van der Waals surface area contributed by atoms with Gasteiger partial charge in [-0.2, -0.15) is 21.3 Å². The van der Waals surface area contributed by atoms with E-state index in [1.807, 2.05) is 36.9 Å². The highest BCUT2D eigenvalue weighted by Gasteiger charge is 2.26. The summed E-state index contributed by atoms with van der Waals surface area (Å²) in [5.74, 6) is 1.49. The molecule has 1 saturated heterocycles. The van der Waals surface area contributed by atoms with Gasteiger partial charge in [-0.15, -0.1) is 0 Å². The minimum Gasteiger partial charge on any atom is -0.369 e. The summed E-state index contributed by atoms with van der Waals surface area (Å²) in [6.45, 7) is 3.28. The van der Waals surface area contributed by atoms with Gasteiger partial charge in [0.25, 0.3) is 10.0 Å².